The van der Waals surface area contributed by atoms with Crippen molar-refractivity contribution < 1.29 is 19.1 Å². The molecule has 0 spiro atoms. The molecule has 0 radical (unpaired) electrons. The van der Waals surface area contributed by atoms with Crippen molar-refractivity contribution in [3.63, 3.8) is 0 Å². The number of anilines is 2. The van der Waals surface area contributed by atoms with Crippen LogP contribution in [-0.2, 0) is 14.3 Å². The number of hydrogen-bond donors (Lipinski definition) is 1. The number of esters is 1. The van der Waals surface area contributed by atoms with E-state index in [4.69, 9.17) is 9.47 Å². The van der Waals surface area contributed by atoms with Crippen molar-refractivity contribution in [2.24, 2.45) is 0 Å². The van der Waals surface area contributed by atoms with Gasteiger partial charge in [-0.05, 0) is 49.4 Å². The van der Waals surface area contributed by atoms with E-state index in [1.807, 2.05) is 66.2 Å². The zero-order valence-corrected chi connectivity index (χ0v) is 19.5. The highest BCUT2D eigenvalue weighted by atomic mass is 32.1. The first-order valence-electron chi connectivity index (χ1n) is 11.0. The molecule has 1 aliphatic rings. The molecule has 0 saturated carbocycles. The van der Waals surface area contributed by atoms with Crippen LogP contribution in [0, 0.1) is 6.92 Å². The lowest BCUT2D eigenvalue weighted by molar-refractivity contribution is -0.119. The highest BCUT2D eigenvalue weighted by Crippen LogP contribution is 2.30. The third-order valence-electron chi connectivity index (χ3n) is 5.61. The number of morpholine rings is 1. The lowest BCUT2D eigenvalue weighted by atomic mass is 10.2. The fourth-order valence-corrected chi connectivity index (χ4v) is 4.95. The van der Waals surface area contributed by atoms with Crippen LogP contribution in [0.5, 0.6) is 0 Å². The van der Waals surface area contributed by atoms with Crippen LogP contribution in [0.4, 0.5) is 11.4 Å². The standard InChI is InChI=1S/C25H24N4O4S/c1-17-21-15-22(34-24(21)29(27-17)20-5-3-2-4-6-20)25(31)33-16-23(30)26-18-7-9-19(10-8-18)28-11-13-32-14-12-28/h2-10,15H,11-14,16H2,1H3,(H,26,30). The predicted octanol–water partition coefficient (Wildman–Crippen LogP) is 4.03. The monoisotopic (exact) mass is 476 g/mol. The zero-order chi connectivity index (χ0) is 23.5. The van der Waals surface area contributed by atoms with Crippen molar-refractivity contribution in [2.75, 3.05) is 43.1 Å². The van der Waals surface area contributed by atoms with E-state index in [9.17, 15) is 9.59 Å². The molecule has 2 aromatic carbocycles. The Kier molecular flexibility index (Phi) is 6.29. The number of thiophene rings is 1. The van der Waals surface area contributed by atoms with E-state index in [0.29, 0.717) is 23.8 Å². The zero-order valence-electron chi connectivity index (χ0n) is 18.7. The molecule has 4 aromatic rings. The molecule has 1 saturated heterocycles. The summed E-state index contributed by atoms with van der Waals surface area (Å²) < 4.78 is 12.5. The molecule has 1 N–H and O–H groups in total. The van der Waals surface area contributed by atoms with Crippen LogP contribution in [0.25, 0.3) is 15.9 Å². The average molecular weight is 477 g/mol. The number of benzene rings is 2. The molecule has 0 aliphatic carbocycles. The summed E-state index contributed by atoms with van der Waals surface area (Å²) in [5, 5.41) is 8.24. The topological polar surface area (TPSA) is 85.7 Å². The number of ether oxygens (including phenoxy) is 2. The lowest BCUT2D eigenvalue weighted by Gasteiger charge is -2.28. The molecule has 174 valence electrons. The Bertz CT molecular complexity index is 1310. The van der Waals surface area contributed by atoms with Crippen LogP contribution in [-0.4, -0.2) is 54.6 Å². The number of amides is 1. The Morgan fingerprint density at radius 3 is 2.53 bits per heavy atom. The van der Waals surface area contributed by atoms with E-state index in [0.717, 1.165) is 40.4 Å². The molecule has 5 rings (SSSR count). The second-order valence-electron chi connectivity index (χ2n) is 7.93. The van der Waals surface area contributed by atoms with Crippen molar-refractivity contribution in [3.05, 3.63) is 71.2 Å². The molecule has 2 aromatic heterocycles. The summed E-state index contributed by atoms with van der Waals surface area (Å²) in [5.74, 6) is -0.918. The first-order chi connectivity index (χ1) is 16.6. The van der Waals surface area contributed by atoms with Gasteiger partial charge < -0.3 is 19.7 Å². The summed E-state index contributed by atoms with van der Waals surface area (Å²) >= 11 is 1.30. The number of aromatic nitrogens is 2. The fraction of sp³-hybridized carbons (Fsp3) is 0.240. The highest BCUT2D eigenvalue weighted by molar-refractivity contribution is 7.20. The summed E-state index contributed by atoms with van der Waals surface area (Å²) in [4.78, 5) is 28.5. The minimum atomic E-state index is -0.530. The van der Waals surface area contributed by atoms with Crippen LogP contribution in [0.1, 0.15) is 15.4 Å². The van der Waals surface area contributed by atoms with E-state index in [1.54, 1.807) is 6.07 Å². The first-order valence-corrected chi connectivity index (χ1v) is 11.8. The second kappa shape index (κ2) is 9.66. The highest BCUT2D eigenvalue weighted by Gasteiger charge is 2.19. The Balaban J connectivity index is 1.20. The molecule has 1 aliphatic heterocycles. The van der Waals surface area contributed by atoms with E-state index < -0.39 is 5.97 Å². The van der Waals surface area contributed by atoms with Gasteiger partial charge in [-0.1, -0.05) is 18.2 Å². The number of para-hydroxylation sites is 1. The maximum absolute atomic E-state index is 12.6. The summed E-state index contributed by atoms with van der Waals surface area (Å²) in [6.45, 7) is 4.68. The van der Waals surface area contributed by atoms with Gasteiger partial charge in [-0.15, -0.1) is 11.3 Å². The Morgan fingerprint density at radius 2 is 1.79 bits per heavy atom. The fourth-order valence-electron chi connectivity index (χ4n) is 3.87. The number of carbonyl (C=O) groups is 2. The molecule has 1 amide bonds. The maximum atomic E-state index is 12.6. The second-order valence-corrected chi connectivity index (χ2v) is 8.96. The Labute approximate surface area is 200 Å². The van der Waals surface area contributed by atoms with Crippen LogP contribution >= 0.6 is 11.3 Å². The van der Waals surface area contributed by atoms with Gasteiger partial charge in [0, 0.05) is 29.9 Å². The summed E-state index contributed by atoms with van der Waals surface area (Å²) in [6, 6.07) is 19.1. The summed E-state index contributed by atoms with van der Waals surface area (Å²) in [6.07, 6.45) is 0. The third kappa shape index (κ3) is 4.66. The third-order valence-corrected chi connectivity index (χ3v) is 6.70. The van der Waals surface area contributed by atoms with Gasteiger partial charge in [-0.2, -0.15) is 5.10 Å². The molecular formula is C25H24N4O4S. The van der Waals surface area contributed by atoms with Crippen molar-refractivity contribution >= 4 is 44.8 Å². The van der Waals surface area contributed by atoms with Crippen LogP contribution < -0.4 is 10.2 Å². The van der Waals surface area contributed by atoms with E-state index in [-0.39, 0.29) is 12.5 Å². The van der Waals surface area contributed by atoms with Gasteiger partial charge in [0.2, 0.25) is 0 Å². The smallest absolute Gasteiger partial charge is 0.348 e. The van der Waals surface area contributed by atoms with Crippen molar-refractivity contribution in [3.8, 4) is 5.69 Å². The maximum Gasteiger partial charge on any atom is 0.348 e. The number of rotatable bonds is 6. The number of aryl methyl sites for hydroxylation is 1. The minimum absolute atomic E-state index is 0.359. The number of nitrogens with zero attached hydrogens (tertiary/aromatic N) is 3. The largest absolute Gasteiger partial charge is 0.451 e. The first kappa shape index (κ1) is 22.1. The van der Waals surface area contributed by atoms with Crippen molar-refractivity contribution in [2.45, 2.75) is 6.92 Å². The summed E-state index contributed by atoms with van der Waals surface area (Å²) in [7, 11) is 0. The lowest BCUT2D eigenvalue weighted by Crippen LogP contribution is -2.36. The van der Waals surface area contributed by atoms with Gasteiger partial charge in [0.05, 0.1) is 24.6 Å². The van der Waals surface area contributed by atoms with Crippen molar-refractivity contribution in [1.29, 1.82) is 0 Å². The molecule has 1 fully saturated rings. The van der Waals surface area contributed by atoms with E-state index >= 15 is 0 Å². The van der Waals surface area contributed by atoms with Gasteiger partial charge in [-0.25, -0.2) is 9.48 Å². The molecule has 34 heavy (non-hydrogen) atoms. The van der Waals surface area contributed by atoms with E-state index in [2.05, 4.69) is 15.3 Å². The molecular weight excluding hydrogens is 452 g/mol. The number of nitrogens with one attached hydrogen (secondary N) is 1. The van der Waals surface area contributed by atoms with Crippen LogP contribution in [0.15, 0.2) is 60.7 Å². The van der Waals surface area contributed by atoms with E-state index in [1.165, 1.54) is 11.3 Å². The van der Waals surface area contributed by atoms with Crippen LogP contribution in [0.2, 0.25) is 0 Å². The van der Waals surface area contributed by atoms with Gasteiger partial charge in [0.15, 0.2) is 6.61 Å². The normalized spacial score (nSPS) is 13.7. The van der Waals surface area contributed by atoms with Gasteiger partial charge in [-0.3, -0.25) is 4.79 Å². The molecule has 9 heteroatoms. The predicted molar refractivity (Wildman–Crippen MR) is 132 cm³/mol. The SMILES string of the molecule is Cc1nn(-c2ccccc2)c2sc(C(=O)OCC(=O)Nc3ccc(N4CCOCC4)cc3)cc12. The number of hydrogen-bond acceptors (Lipinski definition) is 7. The molecule has 8 nitrogen and oxygen atoms in total. The van der Waals surface area contributed by atoms with Crippen LogP contribution in [0.3, 0.4) is 0 Å². The quantitative estimate of drug-likeness (QED) is 0.423. The van der Waals surface area contributed by atoms with Gasteiger partial charge >= 0.3 is 5.97 Å². The Hall–Kier alpha value is -3.69. The molecule has 3 heterocycles. The van der Waals surface area contributed by atoms with Crippen molar-refractivity contribution in [1.82, 2.24) is 9.78 Å². The molecule has 0 atom stereocenters. The Morgan fingerprint density at radius 1 is 1.06 bits per heavy atom. The van der Waals surface area contributed by atoms with Gasteiger partial charge in [0.25, 0.3) is 5.91 Å². The van der Waals surface area contributed by atoms with Gasteiger partial charge in [0.1, 0.15) is 9.71 Å². The number of fused-ring (bicyclic) bond motifs is 1. The average Bonchev–Trinajstić information content (AvgIpc) is 3.45. The number of carbonyl (C=O) groups excluding carboxylic acids is 2. The molecule has 0 bridgehead atoms. The summed E-state index contributed by atoms with van der Waals surface area (Å²) in [5.41, 5.74) is 3.48. The molecule has 0 unspecified atom stereocenters. The minimum Gasteiger partial charge on any atom is -0.451 e.